The van der Waals surface area contributed by atoms with Gasteiger partial charge >= 0.3 is 5.97 Å². The summed E-state index contributed by atoms with van der Waals surface area (Å²) >= 11 is 3.50. The lowest BCUT2D eigenvalue weighted by atomic mass is 10.0. The summed E-state index contributed by atoms with van der Waals surface area (Å²) in [5.74, 6) is -1.96. The van der Waals surface area contributed by atoms with Crippen molar-refractivity contribution >= 4 is 63.7 Å². The van der Waals surface area contributed by atoms with Crippen molar-refractivity contribution in [2.45, 2.75) is 36.5 Å². The van der Waals surface area contributed by atoms with Crippen LogP contribution >= 0.6 is 35.1 Å². The Labute approximate surface area is 222 Å². The highest BCUT2D eigenvalue weighted by Gasteiger charge is 2.54. The highest BCUT2D eigenvalue weighted by Crippen LogP contribution is 2.41. The van der Waals surface area contributed by atoms with Crippen molar-refractivity contribution in [3.8, 4) is 0 Å². The maximum atomic E-state index is 13.0. The van der Waals surface area contributed by atoms with Gasteiger partial charge in [0.15, 0.2) is 5.13 Å². The minimum atomic E-state index is -1.23. The van der Waals surface area contributed by atoms with Gasteiger partial charge in [0.1, 0.15) is 23.7 Å². The number of aromatic nitrogens is 6. The summed E-state index contributed by atoms with van der Waals surface area (Å²) in [7, 11) is 0. The monoisotopic (exact) mass is 569 g/mol. The summed E-state index contributed by atoms with van der Waals surface area (Å²) in [4.78, 5) is 48.2. The minimum absolute atomic E-state index is 0.0346. The van der Waals surface area contributed by atoms with E-state index >= 15 is 0 Å². The standard InChI is InChI=1S/C18H23N11O5S3/c1-2-34-24-9(12-22-17(20)37-25-12)13(30)21-10-14(31)29-11(16(32)33)8(6-35-15(10)29)7-36-18-23-26-27-28(18)5-3-4-19/h10,15H,2-7,19H2,1H3,(H,21,30)(H,32,33)(H2,20,22,25)/b24-9+. The minimum Gasteiger partial charge on any atom is -0.477 e. The molecule has 4 rings (SSSR count). The van der Waals surface area contributed by atoms with Crippen LogP contribution in [0, 0.1) is 0 Å². The number of amides is 2. The molecule has 0 aliphatic carbocycles. The predicted molar refractivity (Wildman–Crippen MR) is 134 cm³/mol. The number of hydrogen-bond donors (Lipinski definition) is 4. The number of anilines is 1. The predicted octanol–water partition coefficient (Wildman–Crippen LogP) is -1.27. The van der Waals surface area contributed by atoms with Gasteiger partial charge in [-0.1, -0.05) is 16.9 Å². The Morgan fingerprint density at radius 2 is 2.22 bits per heavy atom. The van der Waals surface area contributed by atoms with Crippen LogP contribution in [0.3, 0.4) is 0 Å². The summed E-state index contributed by atoms with van der Waals surface area (Å²) in [5, 5.41) is 27.9. The molecule has 16 nitrogen and oxygen atoms in total. The molecule has 2 atom stereocenters. The molecule has 2 aliphatic heterocycles. The molecule has 0 saturated carbocycles. The number of nitrogens with zero attached hydrogens (tertiary/aromatic N) is 8. The molecular weight excluding hydrogens is 546 g/mol. The van der Waals surface area contributed by atoms with Crippen LogP contribution < -0.4 is 16.8 Å². The zero-order chi connectivity index (χ0) is 26.5. The fourth-order valence-electron chi connectivity index (χ4n) is 3.48. The SMILES string of the molecule is CCO/N=C(/C(=O)NC1C(=O)N2C(C(=O)O)=C(CSc3nnnn3CCCN)CSC12)c1nsc(N)n1. The number of nitrogens with one attached hydrogen (secondary N) is 1. The molecule has 4 heterocycles. The van der Waals surface area contributed by atoms with Crippen LogP contribution in [0.1, 0.15) is 19.2 Å². The number of hydrogen-bond acceptors (Lipinski definition) is 15. The maximum absolute atomic E-state index is 13.0. The molecular formula is C18H23N11O5S3. The van der Waals surface area contributed by atoms with Gasteiger partial charge in [0.2, 0.25) is 16.7 Å². The molecule has 2 aromatic heterocycles. The largest absolute Gasteiger partial charge is 0.477 e. The number of thioether (sulfide) groups is 2. The summed E-state index contributed by atoms with van der Waals surface area (Å²) in [6.45, 7) is 2.90. The number of carbonyl (C=O) groups excluding carboxylic acids is 2. The van der Waals surface area contributed by atoms with E-state index in [0.29, 0.717) is 36.0 Å². The van der Waals surface area contributed by atoms with E-state index in [1.54, 1.807) is 11.6 Å². The first-order valence-electron chi connectivity index (χ1n) is 10.9. The quantitative estimate of drug-likeness (QED) is 0.101. The second-order valence-electron chi connectivity index (χ2n) is 7.55. The van der Waals surface area contributed by atoms with Crippen molar-refractivity contribution in [2.75, 3.05) is 30.4 Å². The normalized spacial score (nSPS) is 19.5. The first kappa shape index (κ1) is 26.8. The summed E-state index contributed by atoms with van der Waals surface area (Å²) in [5.41, 5.74) is 11.4. The number of carbonyl (C=O) groups is 3. The van der Waals surface area contributed by atoms with Gasteiger partial charge in [0, 0.05) is 29.6 Å². The van der Waals surface area contributed by atoms with E-state index in [4.69, 9.17) is 16.3 Å². The number of oxime groups is 1. The number of β-lactam (4-membered cyclic amide) rings is 1. The number of carboxylic acids is 1. The first-order chi connectivity index (χ1) is 17.8. The van der Waals surface area contributed by atoms with E-state index in [9.17, 15) is 19.5 Å². The Morgan fingerprint density at radius 3 is 2.89 bits per heavy atom. The van der Waals surface area contributed by atoms with Gasteiger partial charge in [-0.15, -0.1) is 16.9 Å². The van der Waals surface area contributed by atoms with Crippen LogP contribution in [0.4, 0.5) is 5.13 Å². The summed E-state index contributed by atoms with van der Waals surface area (Å²) in [6, 6.07) is -0.965. The highest BCUT2D eigenvalue weighted by atomic mass is 32.2. The molecule has 2 aliphatic rings. The van der Waals surface area contributed by atoms with Crippen LogP contribution in [0.2, 0.25) is 0 Å². The third-order valence-electron chi connectivity index (χ3n) is 5.14. The Bertz CT molecular complexity index is 1250. The van der Waals surface area contributed by atoms with E-state index in [1.165, 1.54) is 28.4 Å². The second-order valence-corrected chi connectivity index (χ2v) is 10.4. The number of aliphatic carboxylic acids is 1. The lowest BCUT2D eigenvalue weighted by Gasteiger charge is -2.49. The number of aryl methyl sites for hydroxylation is 1. The molecule has 0 aromatic carbocycles. The molecule has 19 heteroatoms. The Hall–Kier alpha value is -3.29. The van der Waals surface area contributed by atoms with Crippen molar-refractivity contribution in [1.82, 2.24) is 39.8 Å². The molecule has 2 unspecified atom stereocenters. The third kappa shape index (κ3) is 5.68. The van der Waals surface area contributed by atoms with Crippen LogP contribution in [-0.4, -0.2) is 99.1 Å². The maximum Gasteiger partial charge on any atom is 0.352 e. The summed E-state index contributed by atoms with van der Waals surface area (Å²) in [6.07, 6.45) is 0.692. The van der Waals surface area contributed by atoms with Crippen LogP contribution in [0.5, 0.6) is 0 Å². The fraction of sp³-hybridized carbons (Fsp3) is 0.500. The van der Waals surface area contributed by atoms with Gasteiger partial charge in [0.05, 0.1) is 0 Å². The molecule has 1 saturated heterocycles. The number of nitrogen functional groups attached to an aromatic ring is 1. The number of carboxylic acid groups (broad SMARTS) is 1. The molecule has 0 radical (unpaired) electrons. The third-order valence-corrected chi connectivity index (χ3v) is 8.06. The van der Waals surface area contributed by atoms with Gasteiger partial charge in [-0.3, -0.25) is 14.5 Å². The molecule has 2 aromatic rings. The molecule has 198 valence electrons. The molecule has 2 amide bonds. The van der Waals surface area contributed by atoms with E-state index in [2.05, 4.69) is 35.4 Å². The van der Waals surface area contributed by atoms with Gasteiger partial charge in [-0.2, -0.15) is 9.36 Å². The van der Waals surface area contributed by atoms with Crippen molar-refractivity contribution in [3.05, 3.63) is 17.1 Å². The van der Waals surface area contributed by atoms with Crippen LogP contribution in [0.15, 0.2) is 21.6 Å². The van der Waals surface area contributed by atoms with Crippen LogP contribution in [-0.2, 0) is 25.8 Å². The van der Waals surface area contributed by atoms with Crippen molar-refractivity contribution < 1.29 is 24.3 Å². The van der Waals surface area contributed by atoms with Gasteiger partial charge in [0.25, 0.3) is 11.8 Å². The first-order valence-corrected chi connectivity index (χ1v) is 13.8. The zero-order valence-corrected chi connectivity index (χ0v) is 21.9. The average Bonchev–Trinajstić information content (AvgIpc) is 3.52. The molecule has 37 heavy (non-hydrogen) atoms. The Balaban J connectivity index is 1.47. The Kier molecular flexibility index (Phi) is 8.56. The van der Waals surface area contributed by atoms with Gasteiger partial charge < -0.3 is 26.7 Å². The lowest BCUT2D eigenvalue weighted by molar-refractivity contribution is -0.150. The van der Waals surface area contributed by atoms with E-state index < -0.39 is 29.2 Å². The van der Waals surface area contributed by atoms with Gasteiger partial charge in [-0.25, -0.2) is 9.48 Å². The van der Waals surface area contributed by atoms with E-state index in [-0.39, 0.29) is 34.7 Å². The van der Waals surface area contributed by atoms with E-state index in [0.717, 1.165) is 11.5 Å². The topological polar surface area (TPSA) is 230 Å². The Morgan fingerprint density at radius 1 is 1.41 bits per heavy atom. The number of rotatable bonds is 12. The average molecular weight is 570 g/mol. The van der Waals surface area contributed by atoms with Crippen LogP contribution in [0.25, 0.3) is 0 Å². The molecule has 6 N–H and O–H groups in total. The molecule has 1 fully saturated rings. The lowest BCUT2D eigenvalue weighted by Crippen LogP contribution is -2.71. The van der Waals surface area contributed by atoms with Gasteiger partial charge in [-0.05, 0) is 35.9 Å². The summed E-state index contributed by atoms with van der Waals surface area (Å²) < 4.78 is 5.58. The second kappa shape index (κ2) is 11.8. The smallest absolute Gasteiger partial charge is 0.352 e. The van der Waals surface area contributed by atoms with Crippen molar-refractivity contribution in [3.63, 3.8) is 0 Å². The number of tetrazole rings is 1. The fourth-order valence-corrected chi connectivity index (χ4v) is 6.30. The van der Waals surface area contributed by atoms with E-state index in [1.807, 2.05) is 0 Å². The highest BCUT2D eigenvalue weighted by molar-refractivity contribution is 8.01. The zero-order valence-electron chi connectivity index (χ0n) is 19.4. The number of nitrogens with two attached hydrogens (primary N) is 2. The number of fused-ring (bicyclic) bond motifs is 1. The molecule has 0 spiro atoms. The van der Waals surface area contributed by atoms with Crippen molar-refractivity contribution in [1.29, 1.82) is 0 Å². The van der Waals surface area contributed by atoms with Crippen molar-refractivity contribution in [2.24, 2.45) is 10.9 Å². The molecule has 0 bridgehead atoms.